The lowest BCUT2D eigenvalue weighted by Crippen LogP contribution is -2.70. The molecule has 8 heteroatoms. The number of ether oxygens (including phenoxy) is 2. The number of hydrogen-bond acceptors (Lipinski definition) is 6. The maximum absolute atomic E-state index is 12.6. The maximum atomic E-state index is 12.6. The van der Waals surface area contributed by atoms with Crippen LogP contribution in [0.1, 0.15) is 52.5 Å². The first-order valence-electron chi connectivity index (χ1n) is 9.26. The zero-order valence-corrected chi connectivity index (χ0v) is 18.1. The summed E-state index contributed by atoms with van der Waals surface area (Å²) >= 11 is 3.42. The van der Waals surface area contributed by atoms with Crippen LogP contribution in [0, 0.1) is 0 Å². The van der Waals surface area contributed by atoms with Crippen molar-refractivity contribution in [2.24, 2.45) is 5.16 Å². The summed E-state index contributed by atoms with van der Waals surface area (Å²) in [6, 6.07) is 7.80. The number of benzene rings is 1. The highest BCUT2D eigenvalue weighted by Gasteiger charge is 2.65. The van der Waals surface area contributed by atoms with E-state index in [2.05, 4.69) is 26.4 Å². The predicted molar refractivity (Wildman–Crippen MR) is 107 cm³/mol. The van der Waals surface area contributed by atoms with Gasteiger partial charge in [0.2, 0.25) is 0 Å². The Morgan fingerprint density at radius 3 is 2.46 bits per heavy atom. The monoisotopic (exact) mass is 452 g/mol. The second-order valence-electron chi connectivity index (χ2n) is 8.28. The van der Waals surface area contributed by atoms with Crippen molar-refractivity contribution in [3.8, 4) is 0 Å². The van der Waals surface area contributed by atoms with Gasteiger partial charge in [0, 0.05) is 23.7 Å². The van der Waals surface area contributed by atoms with E-state index >= 15 is 0 Å². The summed E-state index contributed by atoms with van der Waals surface area (Å²) in [7, 11) is 0. The van der Waals surface area contributed by atoms with Gasteiger partial charge >= 0.3 is 12.1 Å². The smallest absolute Gasteiger partial charge is 0.408 e. The van der Waals surface area contributed by atoms with Gasteiger partial charge in [-0.05, 0) is 45.4 Å². The van der Waals surface area contributed by atoms with Crippen LogP contribution in [0.3, 0.4) is 0 Å². The molecule has 0 saturated heterocycles. The van der Waals surface area contributed by atoms with E-state index in [-0.39, 0.29) is 19.4 Å². The van der Waals surface area contributed by atoms with Crippen LogP contribution in [-0.2, 0) is 19.1 Å². The minimum absolute atomic E-state index is 0.227. The Labute approximate surface area is 172 Å². The Morgan fingerprint density at radius 2 is 1.89 bits per heavy atom. The number of nitrogens with zero attached hydrogens (tertiary/aromatic N) is 1. The molecule has 0 bridgehead atoms. The zero-order valence-electron chi connectivity index (χ0n) is 16.5. The van der Waals surface area contributed by atoms with E-state index in [9.17, 15) is 9.59 Å². The van der Waals surface area contributed by atoms with Crippen LogP contribution in [-0.4, -0.2) is 41.1 Å². The third-order valence-corrected chi connectivity index (χ3v) is 5.20. The number of nitrogens with one attached hydrogen (secondary N) is 1. The van der Waals surface area contributed by atoms with Crippen LogP contribution in [0.4, 0.5) is 4.79 Å². The third-order valence-electron chi connectivity index (χ3n) is 4.67. The van der Waals surface area contributed by atoms with Crippen molar-refractivity contribution in [3.05, 3.63) is 34.3 Å². The Kier molecular flexibility index (Phi) is 5.44. The van der Waals surface area contributed by atoms with E-state index < -0.39 is 28.8 Å². The van der Waals surface area contributed by atoms with Gasteiger partial charge in [-0.3, -0.25) is 0 Å². The van der Waals surface area contributed by atoms with Crippen molar-refractivity contribution in [2.45, 2.75) is 63.7 Å². The number of alkyl carbamates (subject to hydrolysis) is 1. The average Bonchev–Trinajstić information content (AvgIpc) is 2.98. The number of amides is 1. The first-order chi connectivity index (χ1) is 13.1. The molecular weight excluding hydrogens is 428 g/mol. The van der Waals surface area contributed by atoms with Crippen LogP contribution < -0.4 is 5.32 Å². The molecule has 2 aliphatic rings. The van der Waals surface area contributed by atoms with Crippen molar-refractivity contribution in [3.63, 3.8) is 0 Å². The van der Waals surface area contributed by atoms with Gasteiger partial charge in [-0.15, -0.1) is 0 Å². The van der Waals surface area contributed by atoms with E-state index in [4.69, 9.17) is 14.3 Å². The van der Waals surface area contributed by atoms with Gasteiger partial charge in [-0.1, -0.05) is 33.2 Å². The fraction of sp³-hybridized carbons (Fsp3) is 0.550. The largest absolute Gasteiger partial charge is 0.464 e. The standard InChI is InChI=1S/C20H25BrN2O5/c1-5-26-16(24)20(22-17(25)27-18(2,3)4)11-19(12-20)10-15(23-28-19)13-6-8-14(21)9-7-13/h6-9H,5,10-12H2,1-4H3,(H,22,25). The first-order valence-corrected chi connectivity index (χ1v) is 10.1. The van der Waals surface area contributed by atoms with E-state index in [1.165, 1.54) is 0 Å². The number of carbonyl (C=O) groups excluding carboxylic acids is 2. The highest BCUT2D eigenvalue weighted by Crippen LogP contribution is 2.50. The number of carbonyl (C=O) groups is 2. The molecule has 3 rings (SSSR count). The average molecular weight is 453 g/mol. The summed E-state index contributed by atoms with van der Waals surface area (Å²) in [6.07, 6.45) is 0.470. The van der Waals surface area contributed by atoms with Gasteiger partial charge in [0.05, 0.1) is 12.3 Å². The molecule has 0 radical (unpaired) electrons. The molecule has 1 spiro atoms. The van der Waals surface area contributed by atoms with Crippen molar-refractivity contribution in [1.29, 1.82) is 0 Å². The summed E-state index contributed by atoms with van der Waals surface area (Å²) in [5.41, 5.74) is -0.660. The van der Waals surface area contributed by atoms with Crippen molar-refractivity contribution in [1.82, 2.24) is 5.32 Å². The molecule has 0 unspecified atom stereocenters. The first kappa shape index (κ1) is 20.6. The summed E-state index contributed by atoms with van der Waals surface area (Å²) in [4.78, 5) is 30.6. The normalized spacial score (nSPS) is 26.1. The summed E-state index contributed by atoms with van der Waals surface area (Å²) in [5.74, 6) is -0.479. The van der Waals surface area contributed by atoms with Crippen molar-refractivity contribution < 1.29 is 23.9 Å². The summed E-state index contributed by atoms with van der Waals surface area (Å²) in [6.45, 7) is 7.26. The molecular formula is C20H25BrN2O5. The molecule has 28 heavy (non-hydrogen) atoms. The molecule has 1 fully saturated rings. The molecule has 7 nitrogen and oxygen atoms in total. The van der Waals surface area contributed by atoms with E-state index in [1.54, 1.807) is 27.7 Å². The minimum atomic E-state index is -1.16. The molecule has 0 atom stereocenters. The summed E-state index contributed by atoms with van der Waals surface area (Å²) < 4.78 is 11.5. The number of halogens is 1. The molecule has 1 aliphatic heterocycles. The van der Waals surface area contributed by atoms with Crippen LogP contribution in [0.15, 0.2) is 33.9 Å². The highest BCUT2D eigenvalue weighted by atomic mass is 79.9. The van der Waals surface area contributed by atoms with E-state index in [1.807, 2.05) is 24.3 Å². The lowest BCUT2D eigenvalue weighted by atomic mass is 9.62. The van der Waals surface area contributed by atoms with E-state index in [0.717, 1.165) is 15.7 Å². The fourth-order valence-electron chi connectivity index (χ4n) is 3.61. The lowest BCUT2D eigenvalue weighted by molar-refractivity contribution is -0.178. The Bertz CT molecular complexity index is 792. The third kappa shape index (κ3) is 4.32. The lowest BCUT2D eigenvalue weighted by Gasteiger charge is -2.50. The van der Waals surface area contributed by atoms with Crippen molar-refractivity contribution in [2.75, 3.05) is 6.61 Å². The number of hydrogen-bond donors (Lipinski definition) is 1. The Hall–Kier alpha value is -2.09. The quantitative estimate of drug-likeness (QED) is 0.699. The molecule has 1 aromatic carbocycles. The zero-order chi connectivity index (χ0) is 20.6. The van der Waals surface area contributed by atoms with Gasteiger partial charge < -0.3 is 19.6 Å². The molecule has 1 saturated carbocycles. The second-order valence-corrected chi connectivity index (χ2v) is 9.19. The SMILES string of the molecule is CCOC(=O)C1(NC(=O)OC(C)(C)C)CC2(CC(c3ccc(Br)cc3)=NO2)C1. The summed E-state index contributed by atoms with van der Waals surface area (Å²) in [5, 5.41) is 6.94. The van der Waals surface area contributed by atoms with Gasteiger partial charge in [0.1, 0.15) is 16.7 Å². The minimum Gasteiger partial charge on any atom is -0.464 e. The topological polar surface area (TPSA) is 86.2 Å². The van der Waals surface area contributed by atoms with E-state index in [0.29, 0.717) is 6.42 Å². The maximum Gasteiger partial charge on any atom is 0.408 e. The molecule has 1 heterocycles. The highest BCUT2D eigenvalue weighted by molar-refractivity contribution is 9.10. The van der Waals surface area contributed by atoms with Gasteiger partial charge in [-0.25, -0.2) is 9.59 Å². The van der Waals surface area contributed by atoms with Gasteiger partial charge in [0.15, 0.2) is 0 Å². The number of rotatable bonds is 4. The number of oxime groups is 1. The van der Waals surface area contributed by atoms with Crippen LogP contribution >= 0.6 is 15.9 Å². The molecule has 1 aromatic rings. The van der Waals surface area contributed by atoms with Crippen LogP contribution in [0.5, 0.6) is 0 Å². The number of esters is 1. The Morgan fingerprint density at radius 1 is 1.25 bits per heavy atom. The molecule has 0 aromatic heterocycles. The van der Waals surface area contributed by atoms with Crippen LogP contribution in [0.2, 0.25) is 0 Å². The molecule has 1 N–H and O–H groups in total. The van der Waals surface area contributed by atoms with Gasteiger partial charge in [-0.2, -0.15) is 0 Å². The second kappa shape index (κ2) is 7.39. The predicted octanol–water partition coefficient (Wildman–Crippen LogP) is 3.93. The Balaban J connectivity index is 1.70. The van der Waals surface area contributed by atoms with Gasteiger partial charge in [0.25, 0.3) is 0 Å². The molecule has 152 valence electrons. The fourth-order valence-corrected chi connectivity index (χ4v) is 3.87. The molecule has 1 amide bonds. The van der Waals surface area contributed by atoms with Crippen molar-refractivity contribution >= 4 is 33.7 Å². The van der Waals surface area contributed by atoms with Crippen LogP contribution in [0.25, 0.3) is 0 Å². The molecule has 1 aliphatic carbocycles.